The monoisotopic (exact) mass is 248 g/mol. The van der Waals surface area contributed by atoms with Crippen molar-refractivity contribution < 1.29 is 23.4 Å². The van der Waals surface area contributed by atoms with Gasteiger partial charge in [-0.2, -0.15) is 0 Å². The van der Waals surface area contributed by atoms with Crippen LogP contribution in [0.4, 0.5) is 0 Å². The Kier molecular flexibility index (Phi) is 9.11. The highest BCUT2D eigenvalue weighted by atomic mass is 28.2. The van der Waals surface area contributed by atoms with Gasteiger partial charge < -0.3 is 18.6 Å². The molecule has 0 saturated carbocycles. The summed E-state index contributed by atoms with van der Waals surface area (Å²) < 4.78 is 20.2. The van der Waals surface area contributed by atoms with Gasteiger partial charge in [0.15, 0.2) is 16.1 Å². The van der Waals surface area contributed by atoms with Crippen molar-refractivity contribution in [2.24, 2.45) is 0 Å². The Labute approximate surface area is 98.6 Å². The third-order valence-electron chi connectivity index (χ3n) is 1.79. The van der Waals surface area contributed by atoms with Crippen molar-refractivity contribution in [1.82, 2.24) is 0 Å². The summed E-state index contributed by atoms with van der Waals surface area (Å²) in [6.07, 6.45) is -0.314. The molecule has 0 aromatic heterocycles. The molecule has 0 radical (unpaired) electrons. The first kappa shape index (κ1) is 15.3. The van der Waals surface area contributed by atoms with Crippen molar-refractivity contribution in [2.45, 2.75) is 19.3 Å². The summed E-state index contributed by atoms with van der Waals surface area (Å²) in [6, 6.07) is 0.777. The van der Waals surface area contributed by atoms with Gasteiger partial charge in [0.2, 0.25) is 0 Å². The van der Waals surface area contributed by atoms with Crippen LogP contribution in [-0.2, 0) is 23.4 Å². The molecule has 16 heavy (non-hydrogen) atoms. The standard InChI is InChI=1S/C10H20O5Si/c1-8(2)10(11)14-5-6-16-15-7-9(12-3)13-4/h9H,1,5-7,16H2,2-4H3. The number of esters is 1. The van der Waals surface area contributed by atoms with Crippen LogP contribution in [0, 0.1) is 0 Å². The van der Waals surface area contributed by atoms with Gasteiger partial charge in [0.25, 0.3) is 0 Å². The second kappa shape index (κ2) is 9.53. The van der Waals surface area contributed by atoms with Crippen molar-refractivity contribution in [2.75, 3.05) is 27.4 Å². The third-order valence-corrected chi connectivity index (χ3v) is 2.90. The lowest BCUT2D eigenvalue weighted by atomic mass is 10.4. The van der Waals surface area contributed by atoms with Crippen molar-refractivity contribution in [3.8, 4) is 0 Å². The average molecular weight is 248 g/mol. The van der Waals surface area contributed by atoms with Crippen molar-refractivity contribution in [3.05, 3.63) is 12.2 Å². The quantitative estimate of drug-likeness (QED) is 0.192. The minimum atomic E-state index is -0.685. The zero-order valence-electron chi connectivity index (χ0n) is 10.2. The van der Waals surface area contributed by atoms with Crippen LogP contribution in [0.3, 0.4) is 0 Å². The van der Waals surface area contributed by atoms with Gasteiger partial charge in [0.05, 0.1) is 13.2 Å². The van der Waals surface area contributed by atoms with Crippen molar-refractivity contribution in [3.63, 3.8) is 0 Å². The second-order valence-corrected chi connectivity index (χ2v) is 4.77. The first-order valence-corrected chi connectivity index (χ1v) is 6.65. The number of ether oxygens (including phenoxy) is 3. The molecule has 0 saturated heterocycles. The van der Waals surface area contributed by atoms with Gasteiger partial charge in [-0.3, -0.25) is 0 Å². The van der Waals surface area contributed by atoms with E-state index in [1.165, 1.54) is 0 Å². The Morgan fingerprint density at radius 2 is 2.00 bits per heavy atom. The summed E-state index contributed by atoms with van der Waals surface area (Å²) in [5.74, 6) is -0.347. The summed E-state index contributed by atoms with van der Waals surface area (Å²) in [6.45, 7) is 5.93. The lowest BCUT2D eigenvalue weighted by Gasteiger charge is -2.13. The molecule has 0 aromatic rings. The predicted molar refractivity (Wildman–Crippen MR) is 62.9 cm³/mol. The Balaban J connectivity index is 3.34. The number of hydrogen-bond donors (Lipinski definition) is 0. The number of carbonyl (C=O) groups excluding carboxylic acids is 1. The lowest BCUT2D eigenvalue weighted by molar-refractivity contribution is -0.138. The van der Waals surface area contributed by atoms with Gasteiger partial charge in [-0.15, -0.1) is 0 Å². The van der Waals surface area contributed by atoms with E-state index in [9.17, 15) is 4.79 Å². The zero-order chi connectivity index (χ0) is 12.4. The summed E-state index contributed by atoms with van der Waals surface area (Å²) in [5.41, 5.74) is 0.418. The van der Waals surface area contributed by atoms with Crippen molar-refractivity contribution in [1.29, 1.82) is 0 Å². The SMILES string of the molecule is C=C(C)C(=O)OCC[SiH2]OCC(OC)OC. The maximum absolute atomic E-state index is 11.0. The van der Waals surface area contributed by atoms with Gasteiger partial charge in [-0.05, 0) is 13.0 Å². The number of methoxy groups -OCH3 is 2. The van der Waals surface area contributed by atoms with Gasteiger partial charge >= 0.3 is 5.97 Å². The highest BCUT2D eigenvalue weighted by Gasteiger charge is 2.05. The normalized spacial score (nSPS) is 11.2. The molecule has 0 aliphatic heterocycles. The highest BCUT2D eigenvalue weighted by Crippen LogP contribution is 1.95. The molecule has 0 N–H and O–H groups in total. The zero-order valence-corrected chi connectivity index (χ0v) is 11.6. The molecule has 0 heterocycles. The van der Waals surface area contributed by atoms with Crippen LogP contribution in [0.2, 0.25) is 6.04 Å². The maximum Gasteiger partial charge on any atom is 0.333 e. The third kappa shape index (κ3) is 7.58. The Morgan fingerprint density at radius 1 is 1.38 bits per heavy atom. The molecule has 0 aliphatic rings. The van der Waals surface area contributed by atoms with E-state index in [1.807, 2.05) is 0 Å². The first-order chi connectivity index (χ1) is 7.61. The summed E-state index contributed by atoms with van der Waals surface area (Å²) in [4.78, 5) is 11.0. The molecular formula is C10H20O5Si. The molecule has 0 amide bonds. The fourth-order valence-electron chi connectivity index (χ4n) is 0.861. The van der Waals surface area contributed by atoms with Crippen LogP contribution < -0.4 is 0 Å². The number of hydrogen-bond acceptors (Lipinski definition) is 5. The highest BCUT2D eigenvalue weighted by molar-refractivity contribution is 6.27. The molecule has 94 valence electrons. The first-order valence-electron chi connectivity index (χ1n) is 5.07. The van der Waals surface area contributed by atoms with Crippen molar-refractivity contribution >= 4 is 15.7 Å². The Morgan fingerprint density at radius 3 is 2.50 bits per heavy atom. The van der Waals surface area contributed by atoms with Crippen LogP contribution in [0.15, 0.2) is 12.2 Å². The summed E-state index contributed by atoms with van der Waals surface area (Å²) >= 11 is 0. The molecule has 0 unspecified atom stereocenters. The molecule has 0 spiro atoms. The molecule has 0 bridgehead atoms. The average Bonchev–Trinajstić information content (AvgIpc) is 2.27. The van der Waals surface area contributed by atoms with Gasteiger partial charge in [-0.1, -0.05) is 6.58 Å². The molecule has 0 aliphatic carbocycles. The lowest BCUT2D eigenvalue weighted by Crippen LogP contribution is -2.21. The Bertz CT molecular complexity index is 215. The second-order valence-electron chi connectivity index (χ2n) is 3.25. The van der Waals surface area contributed by atoms with E-state index in [1.54, 1.807) is 21.1 Å². The van der Waals surface area contributed by atoms with E-state index < -0.39 is 9.76 Å². The fraction of sp³-hybridized carbons (Fsp3) is 0.700. The molecule has 0 aromatic carbocycles. The fourth-order valence-corrected chi connectivity index (χ4v) is 1.69. The number of rotatable bonds is 9. The molecule has 0 atom stereocenters. The molecule has 0 fully saturated rings. The van der Waals surface area contributed by atoms with Crippen LogP contribution >= 0.6 is 0 Å². The van der Waals surface area contributed by atoms with E-state index in [0.717, 1.165) is 6.04 Å². The van der Waals surface area contributed by atoms with E-state index in [-0.39, 0.29) is 12.3 Å². The topological polar surface area (TPSA) is 54.0 Å². The van der Waals surface area contributed by atoms with Crippen LogP contribution in [0.25, 0.3) is 0 Å². The van der Waals surface area contributed by atoms with E-state index in [0.29, 0.717) is 18.8 Å². The maximum atomic E-state index is 11.0. The molecule has 0 rings (SSSR count). The summed E-state index contributed by atoms with van der Waals surface area (Å²) in [5, 5.41) is 0. The molecular weight excluding hydrogens is 228 g/mol. The van der Waals surface area contributed by atoms with E-state index >= 15 is 0 Å². The summed E-state index contributed by atoms with van der Waals surface area (Å²) in [7, 11) is 2.44. The predicted octanol–water partition coefficient (Wildman–Crippen LogP) is 0.243. The van der Waals surface area contributed by atoms with Crippen LogP contribution in [-0.4, -0.2) is 49.5 Å². The number of carbonyl (C=O) groups is 1. The van der Waals surface area contributed by atoms with Gasteiger partial charge in [0.1, 0.15) is 0 Å². The Hall–Kier alpha value is -0.693. The van der Waals surface area contributed by atoms with Crippen LogP contribution in [0.5, 0.6) is 0 Å². The van der Waals surface area contributed by atoms with Gasteiger partial charge in [-0.25, -0.2) is 4.79 Å². The minimum Gasteiger partial charge on any atom is -0.463 e. The van der Waals surface area contributed by atoms with Gasteiger partial charge in [0, 0.05) is 19.8 Å². The van der Waals surface area contributed by atoms with Crippen LogP contribution in [0.1, 0.15) is 6.92 Å². The molecule has 6 heteroatoms. The van der Waals surface area contributed by atoms with E-state index in [4.69, 9.17) is 18.6 Å². The largest absolute Gasteiger partial charge is 0.463 e. The smallest absolute Gasteiger partial charge is 0.333 e. The molecule has 5 nitrogen and oxygen atoms in total. The minimum absolute atomic E-state index is 0.314. The van der Waals surface area contributed by atoms with E-state index in [2.05, 4.69) is 6.58 Å².